The third-order valence-corrected chi connectivity index (χ3v) is 4.56. The van der Waals surface area contributed by atoms with Crippen LogP contribution in [0.1, 0.15) is 27.2 Å². The summed E-state index contributed by atoms with van der Waals surface area (Å²) in [6, 6.07) is 0. The number of likely N-dealkylation sites (N-methyl/N-ethyl adjacent to an activating group) is 1. The normalized spacial score (nSPS) is 32.0. The van der Waals surface area contributed by atoms with E-state index in [9.17, 15) is 5.11 Å². The standard InChI is InChI=1S/C16H33N3O2/c1-4-17-6-5-7-18(9-8-17)12-16(20)13-19-10-14(2)21-15(3)11-19/h14-16,20H,4-13H2,1-3H3. The molecule has 0 aromatic carbocycles. The zero-order valence-electron chi connectivity index (χ0n) is 14.0. The number of β-amino-alcohol motifs (C(OH)–C–C–N with tert-alkyl or cyclic N) is 1. The van der Waals surface area contributed by atoms with E-state index in [0.717, 1.165) is 52.4 Å². The van der Waals surface area contributed by atoms with Crippen LogP contribution in [0.15, 0.2) is 0 Å². The van der Waals surface area contributed by atoms with Crippen LogP contribution in [0.3, 0.4) is 0 Å². The molecule has 2 fully saturated rings. The molecular formula is C16H33N3O2. The minimum Gasteiger partial charge on any atom is -0.390 e. The van der Waals surface area contributed by atoms with Gasteiger partial charge < -0.3 is 14.7 Å². The van der Waals surface area contributed by atoms with Crippen LogP contribution >= 0.6 is 0 Å². The van der Waals surface area contributed by atoms with Crippen molar-refractivity contribution in [2.24, 2.45) is 0 Å². The first-order chi connectivity index (χ1) is 10.1. The summed E-state index contributed by atoms with van der Waals surface area (Å²) < 4.78 is 5.75. The van der Waals surface area contributed by atoms with Gasteiger partial charge in [0.2, 0.25) is 0 Å². The highest BCUT2D eigenvalue weighted by Crippen LogP contribution is 2.11. The van der Waals surface area contributed by atoms with E-state index in [-0.39, 0.29) is 18.3 Å². The highest BCUT2D eigenvalue weighted by atomic mass is 16.5. The molecule has 2 aliphatic rings. The van der Waals surface area contributed by atoms with Crippen molar-refractivity contribution in [2.45, 2.75) is 45.5 Å². The summed E-state index contributed by atoms with van der Waals surface area (Å²) in [7, 11) is 0. The lowest BCUT2D eigenvalue weighted by molar-refractivity contribution is -0.0779. The van der Waals surface area contributed by atoms with Crippen LogP contribution in [0.4, 0.5) is 0 Å². The van der Waals surface area contributed by atoms with Gasteiger partial charge in [-0.3, -0.25) is 9.80 Å². The molecule has 2 rings (SSSR count). The summed E-state index contributed by atoms with van der Waals surface area (Å²) in [4.78, 5) is 7.27. The second-order valence-corrected chi connectivity index (χ2v) is 6.72. The Bertz CT molecular complexity index is 293. The van der Waals surface area contributed by atoms with Crippen LogP contribution in [-0.2, 0) is 4.74 Å². The highest BCUT2D eigenvalue weighted by Gasteiger charge is 2.25. The lowest BCUT2D eigenvalue weighted by Gasteiger charge is -2.37. The molecule has 3 unspecified atom stereocenters. The van der Waals surface area contributed by atoms with Gasteiger partial charge in [0.1, 0.15) is 0 Å². The Hall–Kier alpha value is -0.200. The fourth-order valence-corrected chi connectivity index (χ4v) is 3.61. The quantitative estimate of drug-likeness (QED) is 0.800. The summed E-state index contributed by atoms with van der Waals surface area (Å²) in [5.74, 6) is 0. The molecule has 0 aliphatic carbocycles. The molecule has 0 bridgehead atoms. The van der Waals surface area contributed by atoms with E-state index in [1.807, 2.05) is 0 Å². The molecular weight excluding hydrogens is 266 g/mol. The number of nitrogens with zero attached hydrogens (tertiary/aromatic N) is 3. The van der Waals surface area contributed by atoms with Gasteiger partial charge in [0, 0.05) is 39.3 Å². The van der Waals surface area contributed by atoms with E-state index in [1.54, 1.807) is 0 Å². The van der Waals surface area contributed by atoms with Gasteiger partial charge in [0.05, 0.1) is 18.3 Å². The van der Waals surface area contributed by atoms with Crippen molar-refractivity contribution in [3.63, 3.8) is 0 Å². The summed E-state index contributed by atoms with van der Waals surface area (Å²) >= 11 is 0. The van der Waals surface area contributed by atoms with Gasteiger partial charge in [-0.1, -0.05) is 6.92 Å². The van der Waals surface area contributed by atoms with Crippen LogP contribution < -0.4 is 0 Å². The fourth-order valence-electron chi connectivity index (χ4n) is 3.61. The Balaban J connectivity index is 1.72. The number of morpholine rings is 1. The zero-order valence-corrected chi connectivity index (χ0v) is 14.0. The van der Waals surface area contributed by atoms with Gasteiger partial charge in [-0.2, -0.15) is 0 Å². The number of hydrogen-bond acceptors (Lipinski definition) is 5. The molecule has 0 amide bonds. The third-order valence-electron chi connectivity index (χ3n) is 4.56. The van der Waals surface area contributed by atoms with Crippen molar-refractivity contribution >= 4 is 0 Å². The van der Waals surface area contributed by atoms with Gasteiger partial charge in [-0.25, -0.2) is 0 Å². The van der Waals surface area contributed by atoms with Crippen LogP contribution in [0.25, 0.3) is 0 Å². The fraction of sp³-hybridized carbons (Fsp3) is 1.00. The minimum absolute atomic E-state index is 0.254. The van der Waals surface area contributed by atoms with Crippen molar-refractivity contribution in [2.75, 3.05) is 58.9 Å². The first-order valence-corrected chi connectivity index (χ1v) is 8.57. The van der Waals surface area contributed by atoms with Gasteiger partial charge in [-0.15, -0.1) is 0 Å². The number of aliphatic hydroxyl groups excluding tert-OH is 1. The monoisotopic (exact) mass is 299 g/mol. The molecule has 124 valence electrons. The molecule has 0 saturated carbocycles. The molecule has 3 atom stereocenters. The van der Waals surface area contributed by atoms with Crippen LogP contribution in [-0.4, -0.2) is 97.0 Å². The van der Waals surface area contributed by atoms with E-state index in [4.69, 9.17) is 4.74 Å². The van der Waals surface area contributed by atoms with Crippen LogP contribution in [0.2, 0.25) is 0 Å². The van der Waals surface area contributed by atoms with Crippen molar-refractivity contribution < 1.29 is 9.84 Å². The molecule has 21 heavy (non-hydrogen) atoms. The summed E-state index contributed by atoms with van der Waals surface area (Å²) in [5, 5.41) is 10.4. The first-order valence-electron chi connectivity index (χ1n) is 8.57. The maximum Gasteiger partial charge on any atom is 0.0793 e. The Kier molecular flexibility index (Phi) is 6.89. The zero-order chi connectivity index (χ0) is 15.2. The lowest BCUT2D eigenvalue weighted by atomic mass is 10.2. The maximum atomic E-state index is 10.4. The Morgan fingerprint density at radius 3 is 2.19 bits per heavy atom. The number of aliphatic hydroxyl groups is 1. The predicted octanol–water partition coefficient (Wildman–Crippen LogP) is 0.484. The molecule has 0 radical (unpaired) electrons. The van der Waals surface area contributed by atoms with Gasteiger partial charge >= 0.3 is 0 Å². The lowest BCUT2D eigenvalue weighted by Crippen LogP contribution is -2.49. The molecule has 2 saturated heterocycles. The van der Waals surface area contributed by atoms with Gasteiger partial charge in [0.25, 0.3) is 0 Å². The third kappa shape index (κ3) is 5.83. The van der Waals surface area contributed by atoms with E-state index >= 15 is 0 Å². The van der Waals surface area contributed by atoms with Crippen molar-refractivity contribution in [1.82, 2.24) is 14.7 Å². The average Bonchev–Trinajstić information content (AvgIpc) is 2.62. The van der Waals surface area contributed by atoms with E-state index in [1.165, 1.54) is 13.0 Å². The molecule has 0 spiro atoms. The molecule has 2 heterocycles. The first kappa shape index (κ1) is 17.2. The summed E-state index contributed by atoms with van der Waals surface area (Å²) in [5.41, 5.74) is 0. The Morgan fingerprint density at radius 2 is 1.52 bits per heavy atom. The second-order valence-electron chi connectivity index (χ2n) is 6.72. The van der Waals surface area contributed by atoms with Crippen LogP contribution in [0, 0.1) is 0 Å². The smallest absolute Gasteiger partial charge is 0.0793 e. The van der Waals surface area contributed by atoms with E-state index in [2.05, 4.69) is 35.5 Å². The molecule has 5 nitrogen and oxygen atoms in total. The number of hydrogen-bond donors (Lipinski definition) is 1. The minimum atomic E-state index is -0.254. The number of rotatable bonds is 5. The summed E-state index contributed by atoms with van der Waals surface area (Å²) in [6.07, 6.45) is 1.51. The average molecular weight is 299 g/mol. The van der Waals surface area contributed by atoms with E-state index < -0.39 is 0 Å². The van der Waals surface area contributed by atoms with E-state index in [0.29, 0.717) is 0 Å². The SMILES string of the molecule is CCN1CCCN(CC(O)CN2CC(C)OC(C)C2)CC1. The maximum absolute atomic E-state index is 10.4. The molecule has 0 aromatic rings. The highest BCUT2D eigenvalue weighted by molar-refractivity contribution is 4.78. The van der Waals surface area contributed by atoms with Gasteiger partial charge in [0.15, 0.2) is 0 Å². The molecule has 1 N–H and O–H groups in total. The number of ether oxygens (including phenoxy) is 1. The Morgan fingerprint density at radius 1 is 0.952 bits per heavy atom. The van der Waals surface area contributed by atoms with Crippen molar-refractivity contribution in [1.29, 1.82) is 0 Å². The van der Waals surface area contributed by atoms with Crippen molar-refractivity contribution in [3.05, 3.63) is 0 Å². The second kappa shape index (κ2) is 8.44. The molecule has 2 aliphatic heterocycles. The molecule has 5 heteroatoms. The predicted molar refractivity (Wildman–Crippen MR) is 85.6 cm³/mol. The Labute approximate surface area is 129 Å². The van der Waals surface area contributed by atoms with Crippen LogP contribution in [0.5, 0.6) is 0 Å². The largest absolute Gasteiger partial charge is 0.390 e. The van der Waals surface area contributed by atoms with Crippen molar-refractivity contribution in [3.8, 4) is 0 Å². The topological polar surface area (TPSA) is 39.2 Å². The summed E-state index contributed by atoms with van der Waals surface area (Å²) in [6.45, 7) is 15.6. The molecule has 0 aromatic heterocycles. The van der Waals surface area contributed by atoms with Gasteiger partial charge in [-0.05, 0) is 39.9 Å².